The summed E-state index contributed by atoms with van der Waals surface area (Å²) in [7, 11) is 3.78. The van der Waals surface area contributed by atoms with Gasteiger partial charge in [-0.25, -0.2) is 19.7 Å². The molecule has 2 N–H and O–H groups in total. The Morgan fingerprint density at radius 2 is 1.87 bits per heavy atom. The van der Waals surface area contributed by atoms with Crippen LogP contribution in [0.3, 0.4) is 0 Å². The summed E-state index contributed by atoms with van der Waals surface area (Å²) in [6.45, 7) is 2.16. The van der Waals surface area contributed by atoms with Gasteiger partial charge < -0.3 is 19.9 Å². The Morgan fingerprint density at radius 1 is 1.15 bits per heavy atom. The fourth-order valence-electron chi connectivity index (χ4n) is 4.66. The number of aromatic nitrogens is 5. The molecule has 1 fully saturated rings. The Morgan fingerprint density at radius 3 is 2.46 bits per heavy atom. The predicted molar refractivity (Wildman–Crippen MR) is 141 cm³/mol. The van der Waals surface area contributed by atoms with E-state index in [-0.39, 0.29) is 18.2 Å². The lowest BCUT2D eigenvalue weighted by Crippen LogP contribution is -2.31. The second-order valence-corrected chi connectivity index (χ2v) is 10.0. The monoisotopic (exact) mass is 539 g/mol. The first kappa shape index (κ1) is 26.4. The van der Waals surface area contributed by atoms with Crippen LogP contribution in [-0.4, -0.2) is 55.7 Å². The van der Waals surface area contributed by atoms with Crippen LogP contribution >= 0.6 is 0 Å². The Balaban J connectivity index is 1.69. The highest BCUT2D eigenvalue weighted by molar-refractivity contribution is 5.92. The van der Waals surface area contributed by atoms with Gasteiger partial charge in [-0.2, -0.15) is 13.2 Å². The van der Waals surface area contributed by atoms with Crippen molar-refractivity contribution in [3.63, 3.8) is 0 Å². The van der Waals surface area contributed by atoms with Gasteiger partial charge in [0, 0.05) is 38.6 Å². The fourth-order valence-corrected chi connectivity index (χ4v) is 4.66. The molecule has 9 nitrogen and oxygen atoms in total. The third-order valence-corrected chi connectivity index (χ3v) is 7.13. The number of carboxylic acid groups (broad SMARTS) is 1. The zero-order valence-corrected chi connectivity index (χ0v) is 21.7. The van der Waals surface area contributed by atoms with Gasteiger partial charge in [-0.05, 0) is 55.5 Å². The normalized spacial score (nSPS) is 14.7. The topological polar surface area (TPSA) is 109 Å². The Labute approximate surface area is 222 Å². The van der Waals surface area contributed by atoms with Gasteiger partial charge in [0.05, 0.1) is 5.56 Å². The van der Waals surface area contributed by atoms with Gasteiger partial charge >= 0.3 is 12.1 Å². The van der Waals surface area contributed by atoms with E-state index in [1.165, 1.54) is 12.1 Å². The van der Waals surface area contributed by atoms with E-state index in [9.17, 15) is 23.1 Å². The molecule has 12 heteroatoms. The van der Waals surface area contributed by atoms with Gasteiger partial charge in [-0.3, -0.25) is 4.98 Å². The molecule has 3 aromatic heterocycles. The number of alkyl halides is 3. The number of nitrogens with one attached hydrogen (secondary N) is 1. The fraction of sp³-hybridized carbons (Fsp3) is 0.370. The van der Waals surface area contributed by atoms with Crippen LogP contribution in [0.25, 0.3) is 22.7 Å². The van der Waals surface area contributed by atoms with Crippen LogP contribution in [0.2, 0.25) is 0 Å². The van der Waals surface area contributed by atoms with Gasteiger partial charge in [0.25, 0.3) is 0 Å². The third-order valence-electron chi connectivity index (χ3n) is 7.13. The first-order valence-corrected chi connectivity index (χ1v) is 12.6. The minimum Gasteiger partial charge on any atom is -0.475 e. The number of imidazole rings is 1. The number of nitrogens with zero attached hydrogens (tertiary/aromatic N) is 6. The summed E-state index contributed by atoms with van der Waals surface area (Å²) in [6, 6.07) is 8.59. The summed E-state index contributed by atoms with van der Waals surface area (Å²) in [5, 5.41) is 13.1. The highest BCUT2D eigenvalue weighted by atomic mass is 19.4. The lowest BCUT2D eigenvalue weighted by molar-refractivity contribution is -0.137. The van der Waals surface area contributed by atoms with Crippen molar-refractivity contribution in [2.75, 3.05) is 24.3 Å². The average Bonchev–Trinajstić information content (AvgIpc) is 3.21. The van der Waals surface area contributed by atoms with Crippen LogP contribution in [0, 0.1) is 5.92 Å². The molecule has 1 aliphatic rings. The minimum atomic E-state index is -4.45. The number of pyridine rings is 1. The number of hydrogen-bond acceptors (Lipinski definition) is 7. The number of rotatable bonds is 8. The Hall–Kier alpha value is -4.22. The van der Waals surface area contributed by atoms with Gasteiger partial charge in [0.15, 0.2) is 17.3 Å². The van der Waals surface area contributed by atoms with Crippen LogP contribution < -0.4 is 10.2 Å². The number of aromatic carboxylic acids is 1. The Kier molecular flexibility index (Phi) is 6.87. The number of benzene rings is 1. The molecular weight excluding hydrogens is 511 g/mol. The van der Waals surface area contributed by atoms with Gasteiger partial charge in [0.2, 0.25) is 5.82 Å². The second kappa shape index (κ2) is 10.2. The molecule has 4 aromatic rings. The van der Waals surface area contributed by atoms with Crippen molar-refractivity contribution in [1.82, 2.24) is 24.5 Å². The molecule has 39 heavy (non-hydrogen) atoms. The van der Waals surface area contributed by atoms with E-state index in [0.717, 1.165) is 37.1 Å². The van der Waals surface area contributed by atoms with E-state index in [1.54, 1.807) is 10.8 Å². The summed E-state index contributed by atoms with van der Waals surface area (Å²) in [5.41, 5.74) is 1.83. The van der Waals surface area contributed by atoms with Crippen LogP contribution in [-0.2, 0) is 12.7 Å². The average molecular weight is 540 g/mol. The SMILES string of the molecule is C[C@@H](Nc1nc(C(=O)O)nc2nc(-c3cc(N(C)C)ccn3)n(Cc3ccc(C(F)(F)F)cc3)c12)C1CCC1. The van der Waals surface area contributed by atoms with E-state index in [0.29, 0.717) is 34.3 Å². The van der Waals surface area contributed by atoms with Crippen molar-refractivity contribution in [3.8, 4) is 11.5 Å². The highest BCUT2D eigenvalue weighted by Gasteiger charge is 2.30. The maximum atomic E-state index is 13.2. The molecule has 5 rings (SSSR count). The molecule has 1 atom stereocenters. The van der Waals surface area contributed by atoms with Crippen molar-refractivity contribution in [2.24, 2.45) is 5.92 Å². The molecule has 1 saturated carbocycles. The number of anilines is 2. The molecule has 204 valence electrons. The van der Waals surface area contributed by atoms with Crippen molar-refractivity contribution < 1.29 is 23.1 Å². The zero-order chi connectivity index (χ0) is 27.9. The first-order valence-electron chi connectivity index (χ1n) is 12.6. The number of halogens is 3. The summed E-state index contributed by atoms with van der Waals surface area (Å²) in [6.07, 6.45) is 0.452. The summed E-state index contributed by atoms with van der Waals surface area (Å²) in [4.78, 5) is 31.5. The van der Waals surface area contributed by atoms with E-state index < -0.39 is 23.5 Å². The first-order chi connectivity index (χ1) is 18.5. The van der Waals surface area contributed by atoms with Gasteiger partial charge in [0.1, 0.15) is 11.2 Å². The number of carboxylic acids is 1. The Bertz CT molecular complexity index is 1510. The third kappa shape index (κ3) is 5.36. The van der Waals surface area contributed by atoms with Gasteiger partial charge in [-0.1, -0.05) is 18.6 Å². The van der Waals surface area contributed by atoms with E-state index >= 15 is 0 Å². The number of hydrogen-bond donors (Lipinski definition) is 2. The lowest BCUT2D eigenvalue weighted by atomic mass is 9.80. The lowest BCUT2D eigenvalue weighted by Gasteiger charge is -2.32. The molecule has 1 aromatic carbocycles. The van der Waals surface area contributed by atoms with Crippen molar-refractivity contribution in [3.05, 3.63) is 59.5 Å². The molecular formula is C27H28F3N7O2. The number of fused-ring (bicyclic) bond motifs is 1. The predicted octanol–water partition coefficient (Wildman–Crippen LogP) is 5.32. The van der Waals surface area contributed by atoms with Crippen molar-refractivity contribution >= 4 is 28.6 Å². The molecule has 0 radical (unpaired) electrons. The molecule has 0 saturated heterocycles. The minimum absolute atomic E-state index is 0.0200. The van der Waals surface area contributed by atoms with E-state index in [2.05, 4.69) is 25.3 Å². The molecule has 1 aliphatic carbocycles. The van der Waals surface area contributed by atoms with Crippen LogP contribution in [0.15, 0.2) is 42.6 Å². The van der Waals surface area contributed by atoms with Crippen LogP contribution in [0.1, 0.15) is 47.9 Å². The molecule has 0 bridgehead atoms. The summed E-state index contributed by atoms with van der Waals surface area (Å²) >= 11 is 0. The maximum Gasteiger partial charge on any atom is 0.416 e. The molecule has 0 unspecified atom stereocenters. The van der Waals surface area contributed by atoms with E-state index in [4.69, 9.17) is 0 Å². The molecule has 0 amide bonds. The summed E-state index contributed by atoms with van der Waals surface area (Å²) in [5.74, 6) is -0.558. The highest BCUT2D eigenvalue weighted by Crippen LogP contribution is 2.34. The summed E-state index contributed by atoms with van der Waals surface area (Å²) < 4.78 is 41.3. The standard InChI is InChI=1S/C27H28F3N7O2/c1-15(17-5-4-6-17)32-22-21-23(34-24(33-22)26(38)39)35-25(20-13-19(36(2)3)11-12-31-20)37(21)14-16-7-9-18(10-8-16)27(28,29)30/h7-13,15,17H,4-6,14H2,1-3H3,(H,38,39)(H,32,33,34)/t15-/m1/s1. The van der Waals surface area contributed by atoms with Crippen molar-refractivity contribution in [1.29, 1.82) is 0 Å². The van der Waals surface area contributed by atoms with Crippen LogP contribution in [0.5, 0.6) is 0 Å². The molecule has 3 heterocycles. The maximum absolute atomic E-state index is 13.2. The largest absolute Gasteiger partial charge is 0.475 e. The molecule has 0 aliphatic heterocycles. The zero-order valence-electron chi connectivity index (χ0n) is 21.7. The smallest absolute Gasteiger partial charge is 0.416 e. The van der Waals surface area contributed by atoms with Crippen molar-refractivity contribution in [2.45, 2.75) is 44.9 Å². The van der Waals surface area contributed by atoms with Gasteiger partial charge in [-0.15, -0.1) is 0 Å². The van der Waals surface area contributed by atoms with Crippen LogP contribution in [0.4, 0.5) is 24.7 Å². The van der Waals surface area contributed by atoms with E-state index in [1.807, 2.05) is 38.1 Å². The second-order valence-electron chi connectivity index (χ2n) is 10.0. The number of carbonyl (C=O) groups is 1. The molecule has 0 spiro atoms. The quantitative estimate of drug-likeness (QED) is 0.310.